The molecule has 1 aromatic heterocycles. The average Bonchev–Trinajstić information content (AvgIpc) is 3.06. The van der Waals surface area contributed by atoms with Crippen LogP contribution in [0.3, 0.4) is 0 Å². The zero-order valence-electron chi connectivity index (χ0n) is 18.3. The summed E-state index contributed by atoms with van der Waals surface area (Å²) in [6.07, 6.45) is 3.45. The van der Waals surface area contributed by atoms with E-state index in [1.54, 1.807) is 0 Å². The number of methoxy groups -OCH3 is 1. The highest BCUT2D eigenvalue weighted by Crippen LogP contribution is 2.48. The van der Waals surface area contributed by atoms with Crippen molar-refractivity contribution in [2.24, 2.45) is 17.5 Å². The maximum absolute atomic E-state index is 5.75. The van der Waals surface area contributed by atoms with Crippen LogP contribution >= 0.6 is 0 Å². The second-order valence-electron chi connectivity index (χ2n) is 7.82. The lowest BCUT2D eigenvalue weighted by molar-refractivity contribution is -0.118. The zero-order chi connectivity index (χ0) is 20.9. The fraction of sp³-hybridized carbons (Fsp3) is 0.591. The number of aliphatic imine (C=N–C) groups is 1. The Balaban J connectivity index is 1.74. The Bertz CT molecular complexity index is 812. The summed E-state index contributed by atoms with van der Waals surface area (Å²) in [5, 5.41) is 15.5. The predicted octanol–water partition coefficient (Wildman–Crippen LogP) is 2.95. The van der Waals surface area contributed by atoms with Crippen LogP contribution in [-0.4, -0.2) is 40.0 Å². The lowest BCUT2D eigenvalue weighted by Crippen LogP contribution is -2.65. The standard InChI is InChI=1S/C22H34N6O/c1-6-22(7-2)18(13-19(22)29-5)25-21(23-14-17-11-9-8-10-12-17)24-15-20-27-26-16(3)28(20)4/h8-12,18-19H,6-7,13-15H2,1-5H3,(H2,23,24,25). The summed E-state index contributed by atoms with van der Waals surface area (Å²) in [6.45, 7) is 7.65. The van der Waals surface area contributed by atoms with Crippen LogP contribution in [0.1, 0.15) is 50.3 Å². The maximum atomic E-state index is 5.75. The number of nitrogens with zero attached hydrogens (tertiary/aromatic N) is 4. The van der Waals surface area contributed by atoms with Gasteiger partial charge in [0.25, 0.3) is 0 Å². The third kappa shape index (κ3) is 4.45. The van der Waals surface area contributed by atoms with E-state index in [1.807, 2.05) is 43.8 Å². The largest absolute Gasteiger partial charge is 0.381 e. The van der Waals surface area contributed by atoms with Crippen LogP contribution in [-0.2, 0) is 24.9 Å². The van der Waals surface area contributed by atoms with Crippen molar-refractivity contribution in [1.29, 1.82) is 0 Å². The van der Waals surface area contributed by atoms with Crippen LogP contribution in [0, 0.1) is 12.3 Å². The van der Waals surface area contributed by atoms with Crippen molar-refractivity contribution in [3.05, 3.63) is 47.5 Å². The van der Waals surface area contributed by atoms with Crippen LogP contribution in [0.2, 0.25) is 0 Å². The Morgan fingerprint density at radius 3 is 2.55 bits per heavy atom. The lowest BCUT2D eigenvalue weighted by Gasteiger charge is -2.55. The highest BCUT2D eigenvalue weighted by atomic mass is 16.5. The molecule has 0 amide bonds. The van der Waals surface area contributed by atoms with E-state index in [2.05, 4.69) is 46.8 Å². The molecule has 0 radical (unpaired) electrons. The lowest BCUT2D eigenvalue weighted by atomic mass is 9.58. The molecule has 1 fully saturated rings. The SMILES string of the molecule is CCC1(CC)C(NC(=NCc2ccccc2)NCc2nnc(C)n2C)CC1OC. The third-order valence-electron chi connectivity index (χ3n) is 6.56. The van der Waals surface area contributed by atoms with Gasteiger partial charge in [-0.25, -0.2) is 4.99 Å². The molecule has 1 aromatic carbocycles. The molecular formula is C22H34N6O. The van der Waals surface area contributed by atoms with E-state index in [0.717, 1.165) is 36.9 Å². The second kappa shape index (κ2) is 9.39. The van der Waals surface area contributed by atoms with Gasteiger partial charge in [0.2, 0.25) is 0 Å². The molecule has 2 N–H and O–H groups in total. The van der Waals surface area contributed by atoms with E-state index in [0.29, 0.717) is 25.2 Å². The minimum atomic E-state index is 0.144. The molecule has 3 rings (SSSR count). The third-order valence-corrected chi connectivity index (χ3v) is 6.56. The van der Waals surface area contributed by atoms with Crippen molar-refractivity contribution in [3.8, 4) is 0 Å². The number of rotatable bonds is 8. The molecule has 1 heterocycles. The van der Waals surface area contributed by atoms with E-state index in [-0.39, 0.29) is 5.41 Å². The minimum Gasteiger partial charge on any atom is -0.381 e. The monoisotopic (exact) mass is 398 g/mol. The first kappa shape index (κ1) is 21.3. The van der Waals surface area contributed by atoms with E-state index in [9.17, 15) is 0 Å². The second-order valence-corrected chi connectivity index (χ2v) is 7.82. The quantitative estimate of drug-likeness (QED) is 0.528. The number of aromatic nitrogens is 3. The first-order valence-electron chi connectivity index (χ1n) is 10.5. The van der Waals surface area contributed by atoms with Gasteiger partial charge in [0, 0.05) is 25.6 Å². The van der Waals surface area contributed by atoms with Gasteiger partial charge in [0.15, 0.2) is 11.8 Å². The first-order valence-corrected chi connectivity index (χ1v) is 10.5. The van der Waals surface area contributed by atoms with E-state index >= 15 is 0 Å². The van der Waals surface area contributed by atoms with E-state index in [4.69, 9.17) is 9.73 Å². The van der Waals surface area contributed by atoms with Gasteiger partial charge in [-0.2, -0.15) is 0 Å². The Labute approximate surface area is 174 Å². The number of nitrogens with one attached hydrogen (secondary N) is 2. The predicted molar refractivity (Wildman–Crippen MR) is 116 cm³/mol. The molecule has 2 aromatic rings. The Morgan fingerprint density at radius 2 is 1.97 bits per heavy atom. The number of ether oxygens (including phenoxy) is 1. The van der Waals surface area contributed by atoms with Gasteiger partial charge in [-0.1, -0.05) is 44.2 Å². The van der Waals surface area contributed by atoms with Gasteiger partial charge in [0.1, 0.15) is 5.82 Å². The molecule has 1 aliphatic rings. The Morgan fingerprint density at radius 1 is 1.24 bits per heavy atom. The van der Waals surface area contributed by atoms with Gasteiger partial charge >= 0.3 is 0 Å². The van der Waals surface area contributed by atoms with Crippen molar-refractivity contribution in [1.82, 2.24) is 25.4 Å². The summed E-state index contributed by atoms with van der Waals surface area (Å²) in [6, 6.07) is 10.6. The van der Waals surface area contributed by atoms with Crippen molar-refractivity contribution in [2.75, 3.05) is 7.11 Å². The zero-order valence-corrected chi connectivity index (χ0v) is 18.3. The van der Waals surface area contributed by atoms with E-state index < -0.39 is 0 Å². The molecule has 7 heteroatoms. The van der Waals surface area contributed by atoms with Gasteiger partial charge in [0.05, 0.1) is 19.2 Å². The van der Waals surface area contributed by atoms with Crippen LogP contribution in [0.5, 0.6) is 0 Å². The Hall–Kier alpha value is -2.41. The number of benzene rings is 1. The summed E-state index contributed by atoms with van der Waals surface area (Å²) >= 11 is 0. The maximum Gasteiger partial charge on any atom is 0.192 e. The fourth-order valence-corrected chi connectivity index (χ4v) is 4.32. The molecule has 0 aliphatic heterocycles. The number of guanidine groups is 1. The van der Waals surface area contributed by atoms with Crippen molar-refractivity contribution in [2.45, 2.75) is 65.3 Å². The van der Waals surface area contributed by atoms with Crippen LogP contribution in [0.4, 0.5) is 0 Å². The molecule has 0 bridgehead atoms. The van der Waals surface area contributed by atoms with Crippen molar-refractivity contribution in [3.63, 3.8) is 0 Å². The molecule has 7 nitrogen and oxygen atoms in total. The number of hydrogen-bond donors (Lipinski definition) is 2. The summed E-state index contributed by atoms with van der Waals surface area (Å²) in [5.41, 5.74) is 1.33. The first-order chi connectivity index (χ1) is 14.0. The molecule has 0 saturated heterocycles. The molecular weight excluding hydrogens is 364 g/mol. The highest BCUT2D eigenvalue weighted by molar-refractivity contribution is 5.80. The van der Waals surface area contributed by atoms with E-state index in [1.165, 1.54) is 5.56 Å². The Kier molecular flexibility index (Phi) is 6.90. The van der Waals surface area contributed by atoms with Crippen molar-refractivity contribution >= 4 is 5.96 Å². The smallest absolute Gasteiger partial charge is 0.192 e. The minimum absolute atomic E-state index is 0.144. The topological polar surface area (TPSA) is 76.4 Å². The van der Waals surface area contributed by atoms with Crippen molar-refractivity contribution < 1.29 is 4.74 Å². The van der Waals surface area contributed by atoms with Crippen LogP contribution in [0.15, 0.2) is 35.3 Å². The van der Waals surface area contributed by atoms with Gasteiger partial charge < -0.3 is 19.9 Å². The molecule has 2 unspecified atom stereocenters. The molecule has 1 saturated carbocycles. The highest BCUT2D eigenvalue weighted by Gasteiger charge is 2.53. The fourth-order valence-electron chi connectivity index (χ4n) is 4.32. The van der Waals surface area contributed by atoms with Gasteiger partial charge in [-0.15, -0.1) is 10.2 Å². The summed E-state index contributed by atoms with van der Waals surface area (Å²) in [5.74, 6) is 2.59. The number of hydrogen-bond acceptors (Lipinski definition) is 4. The van der Waals surface area contributed by atoms with Crippen LogP contribution in [0.25, 0.3) is 0 Å². The average molecular weight is 399 g/mol. The van der Waals surface area contributed by atoms with Gasteiger partial charge in [-0.05, 0) is 31.7 Å². The molecule has 158 valence electrons. The molecule has 0 spiro atoms. The molecule has 2 atom stereocenters. The molecule has 29 heavy (non-hydrogen) atoms. The van der Waals surface area contributed by atoms with Crippen LogP contribution < -0.4 is 10.6 Å². The summed E-state index contributed by atoms with van der Waals surface area (Å²) < 4.78 is 7.75. The number of aryl methyl sites for hydroxylation is 1. The summed E-state index contributed by atoms with van der Waals surface area (Å²) in [7, 11) is 3.80. The van der Waals surface area contributed by atoms with Gasteiger partial charge in [-0.3, -0.25) is 0 Å². The summed E-state index contributed by atoms with van der Waals surface area (Å²) in [4.78, 5) is 4.85. The normalized spacial score (nSPS) is 20.9. The molecule has 1 aliphatic carbocycles.